The second-order valence-corrected chi connectivity index (χ2v) is 7.19. The van der Waals surface area contributed by atoms with E-state index in [-0.39, 0.29) is 0 Å². The molecule has 4 aromatic heterocycles. The van der Waals surface area contributed by atoms with Gasteiger partial charge in [0.15, 0.2) is 11.3 Å². The van der Waals surface area contributed by atoms with Gasteiger partial charge in [0, 0.05) is 23.0 Å². The Morgan fingerprint density at radius 3 is 2.69 bits per heavy atom. The van der Waals surface area contributed by atoms with Crippen molar-refractivity contribution >= 4 is 28.3 Å². The molecule has 0 aliphatic rings. The summed E-state index contributed by atoms with van der Waals surface area (Å²) in [6.07, 6.45) is 3.32. The number of ether oxygens (including phenoxy) is 1. The quantitative estimate of drug-likeness (QED) is 0.445. The zero-order chi connectivity index (χ0) is 20.1. The van der Waals surface area contributed by atoms with Crippen LogP contribution in [-0.2, 0) is 0 Å². The first-order valence-corrected chi connectivity index (χ1v) is 9.44. The van der Waals surface area contributed by atoms with Crippen molar-refractivity contribution in [3.05, 3.63) is 65.2 Å². The van der Waals surface area contributed by atoms with E-state index in [2.05, 4.69) is 33.5 Å². The van der Waals surface area contributed by atoms with Gasteiger partial charge >= 0.3 is 0 Å². The molecule has 0 aliphatic carbocycles. The summed E-state index contributed by atoms with van der Waals surface area (Å²) in [4.78, 5) is 13.8. The lowest BCUT2D eigenvalue weighted by Gasteiger charge is -2.09. The van der Waals surface area contributed by atoms with Crippen molar-refractivity contribution in [3.63, 3.8) is 0 Å². The standard InChI is InChI=1S/C21H17ClN6O/c1-12-13(2)28(15-5-4-6-16(10-15)29-3)20-18(12)21-25-19(26-27(21)11-24-20)17-9-14(22)7-8-23-17/h4-11H,1-3H3. The summed E-state index contributed by atoms with van der Waals surface area (Å²) in [5, 5.41) is 6.09. The van der Waals surface area contributed by atoms with E-state index in [1.54, 1.807) is 36.3 Å². The Morgan fingerprint density at radius 1 is 1.03 bits per heavy atom. The fraction of sp³-hybridized carbons (Fsp3) is 0.143. The summed E-state index contributed by atoms with van der Waals surface area (Å²) in [6, 6.07) is 11.4. The molecule has 4 heterocycles. The van der Waals surface area contributed by atoms with Crippen molar-refractivity contribution in [1.29, 1.82) is 0 Å². The molecule has 5 rings (SSSR count). The molecule has 0 N–H and O–H groups in total. The normalized spacial score (nSPS) is 11.4. The van der Waals surface area contributed by atoms with E-state index >= 15 is 0 Å². The van der Waals surface area contributed by atoms with E-state index in [1.165, 1.54) is 0 Å². The van der Waals surface area contributed by atoms with E-state index in [4.69, 9.17) is 21.3 Å². The molecule has 1 aromatic carbocycles. The van der Waals surface area contributed by atoms with Crippen LogP contribution in [0, 0.1) is 13.8 Å². The first kappa shape index (κ1) is 17.6. The van der Waals surface area contributed by atoms with E-state index in [0.717, 1.165) is 39.4 Å². The Bertz CT molecular complexity index is 1390. The molecule has 0 saturated carbocycles. The highest BCUT2D eigenvalue weighted by atomic mass is 35.5. The zero-order valence-corrected chi connectivity index (χ0v) is 16.8. The maximum Gasteiger partial charge on any atom is 0.200 e. The van der Waals surface area contributed by atoms with Crippen molar-refractivity contribution in [2.24, 2.45) is 0 Å². The molecule has 29 heavy (non-hydrogen) atoms. The zero-order valence-electron chi connectivity index (χ0n) is 16.1. The number of aryl methyl sites for hydroxylation is 1. The minimum absolute atomic E-state index is 0.507. The van der Waals surface area contributed by atoms with Gasteiger partial charge in [-0.3, -0.25) is 9.55 Å². The van der Waals surface area contributed by atoms with Gasteiger partial charge in [-0.2, -0.15) is 0 Å². The predicted octanol–water partition coefficient (Wildman–Crippen LogP) is 4.41. The van der Waals surface area contributed by atoms with Gasteiger partial charge in [0.25, 0.3) is 0 Å². The first-order valence-electron chi connectivity index (χ1n) is 9.06. The minimum atomic E-state index is 0.507. The molecule has 0 saturated heterocycles. The van der Waals surface area contributed by atoms with Gasteiger partial charge in [0.2, 0.25) is 5.82 Å². The van der Waals surface area contributed by atoms with Gasteiger partial charge in [0.1, 0.15) is 17.8 Å². The van der Waals surface area contributed by atoms with Gasteiger partial charge in [-0.15, -0.1) is 5.10 Å². The highest BCUT2D eigenvalue weighted by molar-refractivity contribution is 6.30. The molecule has 0 bridgehead atoms. The molecular formula is C21H17ClN6O. The molecule has 0 aliphatic heterocycles. The average molecular weight is 405 g/mol. The molecule has 0 unspecified atom stereocenters. The number of fused-ring (bicyclic) bond motifs is 3. The lowest BCUT2D eigenvalue weighted by Crippen LogP contribution is -1.99. The third-order valence-corrected chi connectivity index (χ3v) is 5.33. The number of rotatable bonds is 3. The molecular weight excluding hydrogens is 388 g/mol. The van der Waals surface area contributed by atoms with Gasteiger partial charge in [-0.05, 0) is 43.7 Å². The number of methoxy groups -OCH3 is 1. The summed E-state index contributed by atoms with van der Waals surface area (Å²) in [5.41, 5.74) is 5.33. The summed E-state index contributed by atoms with van der Waals surface area (Å²) in [5.74, 6) is 1.30. The number of hydrogen-bond donors (Lipinski definition) is 0. The first-order chi connectivity index (χ1) is 14.1. The van der Waals surface area contributed by atoms with Crippen LogP contribution in [0.25, 0.3) is 33.9 Å². The Balaban J connectivity index is 1.78. The summed E-state index contributed by atoms with van der Waals surface area (Å²) in [7, 11) is 1.66. The van der Waals surface area contributed by atoms with Crippen LogP contribution in [0.4, 0.5) is 0 Å². The molecule has 5 aromatic rings. The lowest BCUT2D eigenvalue weighted by molar-refractivity contribution is 0.414. The number of halogens is 1. The van der Waals surface area contributed by atoms with E-state index in [0.29, 0.717) is 16.5 Å². The second-order valence-electron chi connectivity index (χ2n) is 6.75. The van der Waals surface area contributed by atoms with Gasteiger partial charge in [-0.25, -0.2) is 14.5 Å². The molecule has 0 atom stereocenters. The number of pyridine rings is 1. The van der Waals surface area contributed by atoms with Crippen LogP contribution in [0.3, 0.4) is 0 Å². The van der Waals surface area contributed by atoms with Crippen LogP contribution >= 0.6 is 11.6 Å². The highest BCUT2D eigenvalue weighted by Crippen LogP contribution is 2.31. The SMILES string of the molecule is COc1cccc(-n2c(C)c(C)c3c2ncn2nc(-c4cc(Cl)ccn4)nc32)c1. The Labute approximate surface area is 171 Å². The van der Waals surface area contributed by atoms with Crippen LogP contribution in [-0.4, -0.2) is 36.2 Å². The third-order valence-electron chi connectivity index (χ3n) is 5.10. The molecule has 0 amide bonds. The van der Waals surface area contributed by atoms with Crippen LogP contribution in [0.15, 0.2) is 48.9 Å². The monoisotopic (exact) mass is 404 g/mol. The van der Waals surface area contributed by atoms with Crippen molar-refractivity contribution in [2.75, 3.05) is 7.11 Å². The number of hydrogen-bond acceptors (Lipinski definition) is 5. The van der Waals surface area contributed by atoms with E-state index in [9.17, 15) is 0 Å². The van der Waals surface area contributed by atoms with Crippen molar-refractivity contribution in [3.8, 4) is 23.0 Å². The maximum absolute atomic E-state index is 6.10. The maximum atomic E-state index is 6.10. The average Bonchev–Trinajstić information content (AvgIpc) is 3.27. The van der Waals surface area contributed by atoms with Gasteiger partial charge in [0.05, 0.1) is 18.2 Å². The van der Waals surface area contributed by atoms with Gasteiger partial charge in [-0.1, -0.05) is 17.7 Å². The summed E-state index contributed by atoms with van der Waals surface area (Å²) >= 11 is 6.10. The van der Waals surface area contributed by atoms with Crippen molar-refractivity contribution in [2.45, 2.75) is 13.8 Å². The minimum Gasteiger partial charge on any atom is -0.497 e. The fourth-order valence-electron chi connectivity index (χ4n) is 3.56. The molecule has 7 nitrogen and oxygen atoms in total. The Kier molecular flexibility index (Phi) is 3.99. The summed E-state index contributed by atoms with van der Waals surface area (Å²) < 4.78 is 9.18. The van der Waals surface area contributed by atoms with Gasteiger partial charge < -0.3 is 4.74 Å². The lowest BCUT2D eigenvalue weighted by atomic mass is 10.2. The number of aromatic nitrogens is 6. The van der Waals surface area contributed by atoms with Crippen LogP contribution < -0.4 is 4.74 Å². The van der Waals surface area contributed by atoms with Crippen molar-refractivity contribution < 1.29 is 4.74 Å². The van der Waals surface area contributed by atoms with E-state index in [1.807, 2.05) is 24.3 Å². The molecule has 0 radical (unpaired) electrons. The fourth-order valence-corrected chi connectivity index (χ4v) is 3.72. The number of nitrogens with zero attached hydrogens (tertiary/aromatic N) is 6. The smallest absolute Gasteiger partial charge is 0.200 e. The largest absolute Gasteiger partial charge is 0.497 e. The topological polar surface area (TPSA) is 70.1 Å². The van der Waals surface area contributed by atoms with Crippen LogP contribution in [0.2, 0.25) is 5.02 Å². The second kappa shape index (κ2) is 6.56. The Morgan fingerprint density at radius 2 is 1.90 bits per heavy atom. The van der Waals surface area contributed by atoms with Crippen LogP contribution in [0.1, 0.15) is 11.3 Å². The van der Waals surface area contributed by atoms with Crippen LogP contribution in [0.5, 0.6) is 5.75 Å². The van der Waals surface area contributed by atoms with Crippen molar-refractivity contribution in [1.82, 2.24) is 29.1 Å². The Hall–Kier alpha value is -3.45. The highest BCUT2D eigenvalue weighted by Gasteiger charge is 2.19. The predicted molar refractivity (Wildman–Crippen MR) is 112 cm³/mol. The van der Waals surface area contributed by atoms with E-state index < -0.39 is 0 Å². The summed E-state index contributed by atoms with van der Waals surface area (Å²) in [6.45, 7) is 4.14. The molecule has 8 heteroatoms. The number of benzene rings is 1. The third kappa shape index (κ3) is 2.74. The molecule has 144 valence electrons. The molecule has 0 fully saturated rings. The molecule has 0 spiro atoms.